The molecule has 2 aliphatic heterocycles. The summed E-state index contributed by atoms with van der Waals surface area (Å²) in [6.07, 6.45) is 0. The zero-order chi connectivity index (χ0) is 21.8. The number of benzene rings is 3. The first-order valence-electron chi connectivity index (χ1n) is 9.86. The summed E-state index contributed by atoms with van der Waals surface area (Å²) < 4.78 is 10.9. The molecule has 1 spiro atoms. The highest BCUT2D eigenvalue weighted by Gasteiger charge is 2.57. The molecule has 1 atom stereocenters. The van der Waals surface area contributed by atoms with Crippen LogP contribution in [-0.2, 0) is 10.5 Å². The number of rotatable bonds is 3. The van der Waals surface area contributed by atoms with Gasteiger partial charge in [-0.3, -0.25) is 14.5 Å². The van der Waals surface area contributed by atoms with Crippen LogP contribution in [-0.4, -0.2) is 26.0 Å². The first kappa shape index (κ1) is 19.0. The molecule has 0 saturated heterocycles. The molecule has 3 aromatic carbocycles. The van der Waals surface area contributed by atoms with Crippen LogP contribution in [0.3, 0.4) is 0 Å². The first-order chi connectivity index (χ1) is 15.0. The largest absolute Gasteiger partial charge is 0.497 e. The normalized spacial score (nSPS) is 18.9. The topological polar surface area (TPSA) is 79.9 Å². The number of ether oxygens (including phenoxy) is 2. The van der Waals surface area contributed by atoms with Crippen molar-refractivity contribution in [3.63, 3.8) is 0 Å². The van der Waals surface area contributed by atoms with Gasteiger partial charge in [0.1, 0.15) is 11.5 Å². The summed E-state index contributed by atoms with van der Waals surface area (Å²) in [7, 11) is 3.08. The Bertz CT molecular complexity index is 1240. The number of anilines is 3. The molecule has 0 fully saturated rings. The van der Waals surface area contributed by atoms with E-state index in [0.29, 0.717) is 39.7 Å². The van der Waals surface area contributed by atoms with Gasteiger partial charge in [-0.25, -0.2) is 0 Å². The van der Waals surface area contributed by atoms with Gasteiger partial charge in [-0.15, -0.1) is 0 Å². The van der Waals surface area contributed by atoms with Crippen molar-refractivity contribution in [2.75, 3.05) is 29.8 Å². The van der Waals surface area contributed by atoms with Crippen LogP contribution in [0.15, 0.2) is 60.7 Å². The number of fused-ring (bicyclic) bond motifs is 3. The van der Waals surface area contributed by atoms with Crippen LogP contribution in [0, 0.1) is 6.92 Å². The molecule has 3 aromatic rings. The number of nitrogens with one attached hydrogen (secondary N) is 2. The van der Waals surface area contributed by atoms with Crippen LogP contribution in [0.4, 0.5) is 17.1 Å². The third-order valence-corrected chi connectivity index (χ3v) is 5.87. The van der Waals surface area contributed by atoms with Crippen molar-refractivity contribution in [2.45, 2.75) is 12.6 Å². The molecular weight excluding hydrogens is 394 g/mol. The van der Waals surface area contributed by atoms with Crippen molar-refractivity contribution in [1.82, 2.24) is 0 Å². The number of carbonyl (C=O) groups is 2. The van der Waals surface area contributed by atoms with Gasteiger partial charge in [-0.2, -0.15) is 0 Å². The molecule has 0 saturated carbocycles. The van der Waals surface area contributed by atoms with Crippen LogP contribution in [0.25, 0.3) is 0 Å². The van der Waals surface area contributed by atoms with E-state index in [1.54, 1.807) is 43.5 Å². The van der Waals surface area contributed by atoms with Gasteiger partial charge in [0.25, 0.3) is 11.8 Å². The summed E-state index contributed by atoms with van der Waals surface area (Å²) in [5.74, 6) is 0.363. The highest BCUT2D eigenvalue weighted by molar-refractivity contribution is 6.22. The molecule has 0 aromatic heterocycles. The highest BCUT2D eigenvalue weighted by Crippen LogP contribution is 2.50. The fourth-order valence-corrected chi connectivity index (χ4v) is 4.37. The molecule has 7 nitrogen and oxygen atoms in total. The Morgan fingerprint density at radius 2 is 1.74 bits per heavy atom. The van der Waals surface area contributed by atoms with Gasteiger partial charge in [0.15, 0.2) is 0 Å². The quantitative estimate of drug-likeness (QED) is 0.679. The Hall–Kier alpha value is -4.00. The summed E-state index contributed by atoms with van der Waals surface area (Å²) in [6, 6.07) is 18.0. The maximum Gasteiger partial charge on any atom is 0.276 e. The molecule has 31 heavy (non-hydrogen) atoms. The van der Waals surface area contributed by atoms with E-state index in [2.05, 4.69) is 10.6 Å². The van der Waals surface area contributed by atoms with E-state index in [9.17, 15) is 9.59 Å². The second-order valence-corrected chi connectivity index (χ2v) is 7.51. The number of methoxy groups -OCH3 is 2. The molecule has 1 unspecified atom stereocenters. The molecular formula is C24H21N3O4. The Labute approximate surface area is 179 Å². The fourth-order valence-electron chi connectivity index (χ4n) is 4.37. The molecule has 2 amide bonds. The lowest BCUT2D eigenvalue weighted by molar-refractivity contribution is -0.119. The van der Waals surface area contributed by atoms with Gasteiger partial charge in [0.05, 0.1) is 31.2 Å². The van der Waals surface area contributed by atoms with E-state index in [1.165, 1.54) is 12.0 Å². The van der Waals surface area contributed by atoms with Crippen LogP contribution in [0.5, 0.6) is 11.5 Å². The second kappa shape index (κ2) is 6.77. The molecule has 7 heteroatoms. The number of carbonyl (C=O) groups excluding carboxylic acids is 2. The van der Waals surface area contributed by atoms with Gasteiger partial charge in [-0.1, -0.05) is 30.3 Å². The summed E-state index contributed by atoms with van der Waals surface area (Å²) in [5, 5.41) is 6.35. The average molecular weight is 415 g/mol. The van der Waals surface area contributed by atoms with Crippen LogP contribution in [0.1, 0.15) is 21.5 Å². The fraction of sp³-hybridized carbons (Fsp3) is 0.167. The molecule has 0 bridgehead atoms. The minimum atomic E-state index is -1.46. The lowest BCUT2D eigenvalue weighted by Gasteiger charge is -2.44. The summed E-state index contributed by atoms with van der Waals surface area (Å²) in [4.78, 5) is 28.9. The van der Waals surface area contributed by atoms with Gasteiger partial charge in [-0.05, 0) is 36.8 Å². The van der Waals surface area contributed by atoms with Crippen molar-refractivity contribution in [3.8, 4) is 11.5 Å². The third kappa shape index (κ3) is 2.53. The second-order valence-electron chi connectivity index (χ2n) is 7.51. The zero-order valence-electron chi connectivity index (χ0n) is 17.4. The lowest BCUT2D eigenvalue weighted by atomic mass is 9.91. The van der Waals surface area contributed by atoms with Crippen molar-refractivity contribution < 1.29 is 19.1 Å². The van der Waals surface area contributed by atoms with Crippen LogP contribution in [0.2, 0.25) is 0 Å². The van der Waals surface area contributed by atoms with Crippen molar-refractivity contribution in [1.29, 1.82) is 0 Å². The van der Waals surface area contributed by atoms with E-state index in [4.69, 9.17) is 9.47 Å². The monoisotopic (exact) mass is 415 g/mol. The molecule has 2 aliphatic rings. The molecule has 156 valence electrons. The minimum absolute atomic E-state index is 0.303. The van der Waals surface area contributed by atoms with Gasteiger partial charge < -0.3 is 20.1 Å². The number of hydrogen-bond donors (Lipinski definition) is 2. The third-order valence-electron chi connectivity index (χ3n) is 5.87. The number of amides is 2. The van der Waals surface area contributed by atoms with E-state index < -0.39 is 5.66 Å². The molecule has 2 N–H and O–H groups in total. The molecule has 0 radical (unpaired) electrons. The minimum Gasteiger partial charge on any atom is -0.497 e. The van der Waals surface area contributed by atoms with Crippen LogP contribution >= 0.6 is 0 Å². The first-order valence-corrected chi connectivity index (χ1v) is 9.86. The Morgan fingerprint density at radius 3 is 2.52 bits per heavy atom. The Kier molecular flexibility index (Phi) is 4.15. The highest BCUT2D eigenvalue weighted by atomic mass is 16.5. The van der Waals surface area contributed by atoms with Gasteiger partial charge in [0.2, 0.25) is 5.66 Å². The number of nitrogens with zero attached hydrogens (tertiary/aromatic N) is 1. The lowest BCUT2D eigenvalue weighted by Crippen LogP contribution is -2.61. The SMILES string of the molecule is COc1ccc(N2C(=O)c3ccccc3NC23C(=O)Nc2c(C)cccc23)c(OC)c1. The van der Waals surface area contributed by atoms with Gasteiger partial charge >= 0.3 is 0 Å². The number of hydrogen-bond acceptors (Lipinski definition) is 5. The van der Waals surface area contributed by atoms with Gasteiger partial charge in [0, 0.05) is 17.3 Å². The van der Waals surface area contributed by atoms with E-state index in [0.717, 1.165) is 5.56 Å². The van der Waals surface area contributed by atoms with E-state index in [1.807, 2.05) is 31.2 Å². The Morgan fingerprint density at radius 1 is 0.935 bits per heavy atom. The van der Waals surface area contributed by atoms with Crippen molar-refractivity contribution in [2.24, 2.45) is 0 Å². The molecule has 0 aliphatic carbocycles. The maximum absolute atomic E-state index is 13.9. The number of aryl methyl sites for hydroxylation is 1. The van der Waals surface area contributed by atoms with Crippen molar-refractivity contribution >= 4 is 28.9 Å². The molecule has 5 rings (SSSR count). The standard InChI is InChI=1S/C24H21N3O4/c1-14-7-6-9-17-21(14)25-23(29)24(17)26-18-10-5-4-8-16(18)22(28)27(24)19-12-11-15(30-2)13-20(19)31-3/h4-13,26H,1-3H3,(H,25,29). The van der Waals surface area contributed by atoms with Crippen molar-refractivity contribution in [3.05, 3.63) is 77.4 Å². The summed E-state index contributed by atoms with van der Waals surface area (Å²) in [5.41, 5.74) is 2.36. The predicted octanol–water partition coefficient (Wildman–Crippen LogP) is 3.89. The molecule has 2 heterocycles. The number of para-hydroxylation sites is 2. The zero-order valence-corrected chi connectivity index (χ0v) is 17.4. The smallest absolute Gasteiger partial charge is 0.276 e. The van der Waals surface area contributed by atoms with Crippen LogP contribution < -0.4 is 25.0 Å². The Balaban J connectivity index is 1.83. The summed E-state index contributed by atoms with van der Waals surface area (Å²) in [6.45, 7) is 1.93. The summed E-state index contributed by atoms with van der Waals surface area (Å²) >= 11 is 0. The van der Waals surface area contributed by atoms with E-state index >= 15 is 0 Å². The predicted molar refractivity (Wildman–Crippen MR) is 118 cm³/mol. The maximum atomic E-state index is 13.9. The van der Waals surface area contributed by atoms with E-state index in [-0.39, 0.29) is 11.8 Å². The average Bonchev–Trinajstić information content (AvgIpc) is 3.07.